The minimum absolute atomic E-state index is 0.0342. The molecule has 1 aromatic heterocycles. The van der Waals surface area contributed by atoms with Crippen molar-refractivity contribution in [2.75, 3.05) is 19.7 Å². The molecule has 0 atom stereocenters. The Hall–Kier alpha value is -1.65. The lowest BCUT2D eigenvalue weighted by Crippen LogP contribution is -2.40. The summed E-state index contributed by atoms with van der Waals surface area (Å²) in [4.78, 5) is 13.9. The lowest BCUT2D eigenvalue weighted by Gasteiger charge is -2.30. The van der Waals surface area contributed by atoms with Gasteiger partial charge in [-0.2, -0.15) is 5.10 Å². The number of amides is 1. The predicted octanol–water partition coefficient (Wildman–Crippen LogP) is 1.73. The summed E-state index contributed by atoms with van der Waals surface area (Å²) < 4.78 is 5.42. The third-order valence-electron chi connectivity index (χ3n) is 3.69. The zero-order valence-corrected chi connectivity index (χ0v) is 11.8. The maximum atomic E-state index is 12.0. The molecule has 1 aromatic rings. The largest absolute Gasteiger partial charge is 0.466 e. The van der Waals surface area contributed by atoms with Crippen molar-refractivity contribution in [1.29, 1.82) is 0 Å². The summed E-state index contributed by atoms with van der Waals surface area (Å²) in [7, 11) is 0. The van der Waals surface area contributed by atoms with Crippen LogP contribution >= 0.6 is 0 Å². The van der Waals surface area contributed by atoms with Crippen LogP contribution in [-0.2, 0) is 4.79 Å². The summed E-state index contributed by atoms with van der Waals surface area (Å²) in [5, 5.41) is 7.90. The highest BCUT2D eigenvalue weighted by Gasteiger charge is 2.20. The Labute approximate surface area is 114 Å². The first kappa shape index (κ1) is 13.8. The van der Waals surface area contributed by atoms with E-state index in [1.165, 1.54) is 0 Å². The van der Waals surface area contributed by atoms with Gasteiger partial charge >= 0.3 is 0 Å². The number of hydrogen-bond acceptors (Lipinski definition) is 4. The van der Waals surface area contributed by atoms with Gasteiger partial charge in [0.2, 0.25) is 5.88 Å². The van der Waals surface area contributed by atoms with Crippen molar-refractivity contribution in [3.05, 3.63) is 17.3 Å². The molecule has 104 valence electrons. The minimum atomic E-state index is 0.0342. The first-order valence-electron chi connectivity index (χ1n) is 6.77. The van der Waals surface area contributed by atoms with Crippen LogP contribution < -0.4 is 4.74 Å². The maximum Gasteiger partial charge on any atom is 0.260 e. The average Bonchev–Trinajstić information content (AvgIpc) is 2.40. The highest BCUT2D eigenvalue weighted by atomic mass is 16.5. The zero-order chi connectivity index (χ0) is 13.8. The number of aromatic nitrogens is 2. The predicted molar refractivity (Wildman–Crippen MR) is 72.0 cm³/mol. The summed E-state index contributed by atoms with van der Waals surface area (Å²) in [5.41, 5.74) is 1.90. The van der Waals surface area contributed by atoms with Gasteiger partial charge in [-0.3, -0.25) is 4.79 Å². The molecule has 0 bridgehead atoms. The molecule has 1 aliphatic heterocycles. The van der Waals surface area contributed by atoms with Crippen molar-refractivity contribution in [1.82, 2.24) is 15.1 Å². The van der Waals surface area contributed by atoms with Crippen LogP contribution in [0.1, 0.15) is 31.0 Å². The monoisotopic (exact) mass is 263 g/mol. The first-order chi connectivity index (χ1) is 9.06. The van der Waals surface area contributed by atoms with Crippen molar-refractivity contribution in [2.45, 2.75) is 33.6 Å². The van der Waals surface area contributed by atoms with Gasteiger partial charge in [0.15, 0.2) is 6.61 Å². The van der Waals surface area contributed by atoms with E-state index in [1.54, 1.807) is 0 Å². The van der Waals surface area contributed by atoms with E-state index in [9.17, 15) is 4.79 Å². The third kappa shape index (κ3) is 3.66. The average molecular weight is 263 g/mol. The molecule has 19 heavy (non-hydrogen) atoms. The lowest BCUT2D eigenvalue weighted by molar-refractivity contribution is -0.134. The van der Waals surface area contributed by atoms with Crippen LogP contribution in [0.4, 0.5) is 0 Å². The number of ether oxygens (including phenoxy) is 1. The molecule has 1 amide bonds. The highest BCUT2D eigenvalue weighted by molar-refractivity contribution is 5.77. The molecule has 0 aliphatic carbocycles. The number of hydrogen-bond donors (Lipinski definition) is 0. The molecule has 2 heterocycles. The van der Waals surface area contributed by atoms with Crippen LogP contribution in [0.5, 0.6) is 5.88 Å². The maximum absolute atomic E-state index is 12.0. The topological polar surface area (TPSA) is 55.3 Å². The van der Waals surface area contributed by atoms with Gasteiger partial charge in [-0.1, -0.05) is 6.92 Å². The Kier molecular flexibility index (Phi) is 4.35. The molecule has 1 fully saturated rings. The summed E-state index contributed by atoms with van der Waals surface area (Å²) in [6.07, 6.45) is 2.16. The van der Waals surface area contributed by atoms with Crippen molar-refractivity contribution in [2.24, 2.45) is 5.92 Å². The van der Waals surface area contributed by atoms with Gasteiger partial charge in [0.05, 0.1) is 5.69 Å². The van der Waals surface area contributed by atoms with E-state index in [-0.39, 0.29) is 12.5 Å². The highest BCUT2D eigenvalue weighted by Crippen LogP contribution is 2.16. The second-order valence-corrected chi connectivity index (χ2v) is 5.30. The molecular weight excluding hydrogens is 242 g/mol. The van der Waals surface area contributed by atoms with E-state index < -0.39 is 0 Å². The molecule has 0 unspecified atom stereocenters. The van der Waals surface area contributed by atoms with Crippen molar-refractivity contribution in [3.8, 4) is 5.88 Å². The Bertz CT molecular complexity index is 454. The summed E-state index contributed by atoms with van der Waals surface area (Å²) in [5.74, 6) is 1.17. The Morgan fingerprint density at radius 2 is 2.05 bits per heavy atom. The second kappa shape index (κ2) is 5.99. The van der Waals surface area contributed by atoms with E-state index in [1.807, 2.05) is 24.8 Å². The number of carbonyl (C=O) groups is 1. The van der Waals surface area contributed by atoms with Crippen LogP contribution in [-0.4, -0.2) is 40.7 Å². The van der Waals surface area contributed by atoms with Crippen LogP contribution in [0.3, 0.4) is 0 Å². The fraction of sp³-hybridized carbons (Fsp3) is 0.643. The smallest absolute Gasteiger partial charge is 0.260 e. The lowest BCUT2D eigenvalue weighted by atomic mass is 9.99. The van der Waals surface area contributed by atoms with Gasteiger partial charge in [-0.15, -0.1) is 5.10 Å². The SMILES string of the molecule is Cc1cc(OCC(=O)N2CCC(C)CC2)nnc1C. The van der Waals surface area contributed by atoms with E-state index >= 15 is 0 Å². The number of piperidine rings is 1. The Morgan fingerprint density at radius 1 is 1.37 bits per heavy atom. The molecule has 0 N–H and O–H groups in total. The van der Waals surface area contributed by atoms with E-state index in [4.69, 9.17) is 4.74 Å². The molecular formula is C14H21N3O2. The molecule has 0 saturated carbocycles. The quantitative estimate of drug-likeness (QED) is 0.833. The number of nitrogens with zero attached hydrogens (tertiary/aromatic N) is 3. The Balaban J connectivity index is 1.84. The van der Waals surface area contributed by atoms with Crippen molar-refractivity contribution in [3.63, 3.8) is 0 Å². The second-order valence-electron chi connectivity index (χ2n) is 5.30. The molecule has 0 radical (unpaired) electrons. The molecule has 0 spiro atoms. The molecule has 1 aliphatic rings. The van der Waals surface area contributed by atoms with Crippen LogP contribution in [0.2, 0.25) is 0 Å². The normalized spacial score (nSPS) is 16.5. The van der Waals surface area contributed by atoms with Gasteiger partial charge < -0.3 is 9.64 Å². The first-order valence-corrected chi connectivity index (χ1v) is 6.77. The fourth-order valence-electron chi connectivity index (χ4n) is 2.08. The summed E-state index contributed by atoms with van der Waals surface area (Å²) >= 11 is 0. The van der Waals surface area contributed by atoms with Gasteiger partial charge in [-0.05, 0) is 38.2 Å². The van der Waals surface area contributed by atoms with E-state index in [2.05, 4.69) is 17.1 Å². The Morgan fingerprint density at radius 3 is 2.68 bits per heavy atom. The van der Waals surface area contributed by atoms with Crippen LogP contribution in [0.25, 0.3) is 0 Å². The number of likely N-dealkylation sites (tertiary alicyclic amines) is 1. The van der Waals surface area contributed by atoms with Crippen LogP contribution in [0, 0.1) is 19.8 Å². The van der Waals surface area contributed by atoms with Gasteiger partial charge in [0.1, 0.15) is 0 Å². The summed E-state index contributed by atoms with van der Waals surface area (Å²) in [6.45, 7) is 7.79. The minimum Gasteiger partial charge on any atom is -0.466 e. The third-order valence-corrected chi connectivity index (χ3v) is 3.69. The molecule has 1 saturated heterocycles. The number of rotatable bonds is 3. The van der Waals surface area contributed by atoms with Crippen molar-refractivity contribution >= 4 is 5.91 Å². The number of aryl methyl sites for hydroxylation is 2. The van der Waals surface area contributed by atoms with Gasteiger partial charge in [0.25, 0.3) is 5.91 Å². The van der Waals surface area contributed by atoms with E-state index in [0.29, 0.717) is 5.88 Å². The standard InChI is InChI=1S/C14H21N3O2/c1-10-4-6-17(7-5-10)14(18)9-19-13-8-11(2)12(3)15-16-13/h8,10H,4-7,9H2,1-3H3. The van der Waals surface area contributed by atoms with Crippen molar-refractivity contribution < 1.29 is 9.53 Å². The number of carbonyl (C=O) groups excluding carboxylic acids is 1. The molecule has 5 heteroatoms. The molecule has 0 aromatic carbocycles. The summed E-state index contributed by atoms with van der Waals surface area (Å²) in [6, 6.07) is 1.81. The fourth-order valence-corrected chi connectivity index (χ4v) is 2.08. The van der Waals surface area contributed by atoms with Crippen LogP contribution in [0.15, 0.2) is 6.07 Å². The zero-order valence-electron chi connectivity index (χ0n) is 11.8. The molecule has 2 rings (SSSR count). The molecule has 5 nitrogen and oxygen atoms in total. The van der Waals surface area contributed by atoms with E-state index in [0.717, 1.165) is 43.1 Å². The van der Waals surface area contributed by atoms with Gasteiger partial charge in [-0.25, -0.2) is 0 Å². The van der Waals surface area contributed by atoms with Gasteiger partial charge in [0, 0.05) is 19.2 Å².